The number of halogens is 1. The van der Waals surface area contributed by atoms with Gasteiger partial charge in [-0.2, -0.15) is 5.10 Å². The Morgan fingerprint density at radius 2 is 2.05 bits per heavy atom. The van der Waals surface area contributed by atoms with Crippen molar-refractivity contribution in [1.29, 1.82) is 0 Å². The summed E-state index contributed by atoms with van der Waals surface area (Å²) in [6.45, 7) is 1.73. The van der Waals surface area contributed by atoms with Crippen LogP contribution in [0.1, 0.15) is 16.2 Å². The molecular formula is C14H11FN4O2. The molecule has 7 heteroatoms. The molecule has 2 heterocycles. The highest BCUT2D eigenvalue weighted by molar-refractivity contribution is 6.02. The fourth-order valence-corrected chi connectivity index (χ4v) is 1.79. The van der Waals surface area contributed by atoms with Crippen molar-refractivity contribution >= 4 is 11.7 Å². The number of aryl methyl sites for hydroxylation is 1. The summed E-state index contributed by atoms with van der Waals surface area (Å²) in [5.74, 6) is 0.199. The van der Waals surface area contributed by atoms with Crippen molar-refractivity contribution in [1.82, 2.24) is 14.9 Å². The topological polar surface area (TPSA) is 73.0 Å². The predicted octanol–water partition coefficient (Wildman–Crippen LogP) is 2.56. The molecule has 1 aromatic carbocycles. The third-order valence-corrected chi connectivity index (χ3v) is 2.78. The molecule has 0 aliphatic rings. The average Bonchev–Trinajstić information content (AvgIpc) is 3.09. The summed E-state index contributed by atoms with van der Waals surface area (Å²) < 4.78 is 19.2. The average molecular weight is 286 g/mol. The minimum Gasteiger partial charge on any atom is -0.360 e. The van der Waals surface area contributed by atoms with Gasteiger partial charge in [0.1, 0.15) is 11.6 Å². The SMILES string of the molecule is Cc1cc(NC(=O)c2ccn(-c3ccc(F)cc3)n2)no1. The van der Waals surface area contributed by atoms with Crippen LogP contribution in [0.4, 0.5) is 10.2 Å². The molecule has 3 rings (SSSR count). The molecule has 0 bridgehead atoms. The monoisotopic (exact) mass is 286 g/mol. The number of hydrogen-bond acceptors (Lipinski definition) is 4. The number of carbonyl (C=O) groups is 1. The van der Waals surface area contributed by atoms with E-state index in [0.717, 1.165) is 0 Å². The van der Waals surface area contributed by atoms with Crippen molar-refractivity contribution < 1.29 is 13.7 Å². The summed E-state index contributed by atoms with van der Waals surface area (Å²) in [4.78, 5) is 12.0. The van der Waals surface area contributed by atoms with Crippen LogP contribution in [0.15, 0.2) is 47.1 Å². The number of carbonyl (C=O) groups excluding carboxylic acids is 1. The van der Waals surface area contributed by atoms with Crippen LogP contribution in [0.25, 0.3) is 5.69 Å². The molecule has 0 aliphatic heterocycles. The largest absolute Gasteiger partial charge is 0.360 e. The van der Waals surface area contributed by atoms with Crippen molar-refractivity contribution in [3.05, 3.63) is 59.9 Å². The summed E-state index contributed by atoms with van der Waals surface area (Å²) in [5, 5.41) is 10.4. The Bertz CT molecular complexity index is 776. The Labute approximate surface area is 119 Å². The molecule has 0 spiro atoms. The first-order valence-electron chi connectivity index (χ1n) is 6.18. The van der Waals surface area contributed by atoms with E-state index in [4.69, 9.17) is 4.52 Å². The van der Waals surface area contributed by atoms with Gasteiger partial charge in [-0.3, -0.25) is 4.79 Å². The van der Waals surface area contributed by atoms with Gasteiger partial charge in [-0.1, -0.05) is 5.16 Å². The Morgan fingerprint density at radius 1 is 1.29 bits per heavy atom. The Balaban J connectivity index is 1.78. The number of aromatic nitrogens is 3. The van der Waals surface area contributed by atoms with Gasteiger partial charge >= 0.3 is 0 Å². The van der Waals surface area contributed by atoms with E-state index in [0.29, 0.717) is 17.3 Å². The van der Waals surface area contributed by atoms with Gasteiger partial charge in [0.2, 0.25) is 0 Å². The molecule has 106 valence electrons. The Kier molecular flexibility index (Phi) is 3.23. The maximum Gasteiger partial charge on any atom is 0.277 e. The summed E-state index contributed by atoms with van der Waals surface area (Å²) >= 11 is 0. The van der Waals surface area contributed by atoms with Gasteiger partial charge in [0.15, 0.2) is 11.5 Å². The highest BCUT2D eigenvalue weighted by Gasteiger charge is 2.12. The van der Waals surface area contributed by atoms with Crippen molar-refractivity contribution in [2.24, 2.45) is 0 Å². The molecule has 1 amide bonds. The van der Waals surface area contributed by atoms with E-state index in [2.05, 4.69) is 15.6 Å². The zero-order valence-corrected chi connectivity index (χ0v) is 11.1. The van der Waals surface area contributed by atoms with E-state index in [1.165, 1.54) is 16.8 Å². The summed E-state index contributed by atoms with van der Waals surface area (Å²) in [5.41, 5.74) is 0.882. The Morgan fingerprint density at radius 3 is 2.71 bits per heavy atom. The van der Waals surface area contributed by atoms with Crippen LogP contribution in [-0.2, 0) is 0 Å². The van der Waals surface area contributed by atoms with E-state index in [-0.39, 0.29) is 11.5 Å². The van der Waals surface area contributed by atoms with Gasteiger partial charge in [-0.15, -0.1) is 0 Å². The van der Waals surface area contributed by atoms with E-state index >= 15 is 0 Å². The van der Waals surface area contributed by atoms with Crippen molar-refractivity contribution in [2.45, 2.75) is 6.92 Å². The molecule has 0 saturated heterocycles. The zero-order valence-electron chi connectivity index (χ0n) is 11.1. The third kappa shape index (κ3) is 2.81. The number of nitrogens with zero attached hydrogens (tertiary/aromatic N) is 3. The molecule has 0 atom stereocenters. The first-order chi connectivity index (χ1) is 10.1. The zero-order chi connectivity index (χ0) is 14.8. The summed E-state index contributed by atoms with van der Waals surface area (Å²) in [6.07, 6.45) is 1.62. The van der Waals surface area contributed by atoms with E-state index in [1.807, 2.05) is 0 Å². The number of nitrogens with one attached hydrogen (secondary N) is 1. The van der Waals surface area contributed by atoms with Gasteiger partial charge in [0, 0.05) is 12.3 Å². The van der Waals surface area contributed by atoms with Crippen LogP contribution in [0.5, 0.6) is 0 Å². The fourth-order valence-electron chi connectivity index (χ4n) is 1.79. The normalized spacial score (nSPS) is 10.6. The highest BCUT2D eigenvalue weighted by atomic mass is 19.1. The molecule has 1 N–H and O–H groups in total. The molecule has 21 heavy (non-hydrogen) atoms. The molecule has 0 radical (unpaired) electrons. The number of amides is 1. The fraction of sp³-hybridized carbons (Fsp3) is 0.0714. The summed E-state index contributed by atoms with van der Waals surface area (Å²) in [7, 11) is 0. The lowest BCUT2D eigenvalue weighted by atomic mass is 10.3. The number of hydrogen-bond donors (Lipinski definition) is 1. The second-order valence-electron chi connectivity index (χ2n) is 4.40. The molecule has 0 unspecified atom stereocenters. The smallest absolute Gasteiger partial charge is 0.277 e. The minimum atomic E-state index is -0.399. The maximum absolute atomic E-state index is 12.9. The molecule has 0 saturated carbocycles. The molecule has 2 aromatic heterocycles. The lowest BCUT2D eigenvalue weighted by molar-refractivity contribution is 0.102. The standard InChI is InChI=1S/C14H11FN4O2/c1-9-8-13(18-21-9)16-14(20)12-6-7-19(17-12)11-4-2-10(15)3-5-11/h2-8H,1H3,(H,16,18,20). The first-order valence-corrected chi connectivity index (χ1v) is 6.18. The lowest BCUT2D eigenvalue weighted by Gasteiger charge is -2.00. The lowest BCUT2D eigenvalue weighted by Crippen LogP contribution is -2.13. The van der Waals surface area contributed by atoms with Gasteiger partial charge in [0.25, 0.3) is 5.91 Å². The second-order valence-corrected chi connectivity index (χ2v) is 4.40. The van der Waals surface area contributed by atoms with E-state index in [1.54, 1.807) is 37.4 Å². The van der Waals surface area contributed by atoms with Gasteiger partial charge in [0.05, 0.1) is 5.69 Å². The molecule has 0 fully saturated rings. The third-order valence-electron chi connectivity index (χ3n) is 2.78. The van der Waals surface area contributed by atoms with Gasteiger partial charge < -0.3 is 9.84 Å². The first kappa shape index (κ1) is 13.0. The second kappa shape index (κ2) is 5.20. The quantitative estimate of drug-likeness (QED) is 0.803. The molecule has 6 nitrogen and oxygen atoms in total. The molecule has 3 aromatic rings. The Hall–Kier alpha value is -2.96. The minimum absolute atomic E-state index is 0.222. The number of benzene rings is 1. The molecule has 0 aliphatic carbocycles. The van der Waals surface area contributed by atoms with Gasteiger partial charge in [-0.25, -0.2) is 9.07 Å². The van der Waals surface area contributed by atoms with Crippen molar-refractivity contribution in [2.75, 3.05) is 5.32 Å². The van der Waals surface area contributed by atoms with Crippen LogP contribution in [0.2, 0.25) is 0 Å². The van der Waals surface area contributed by atoms with Crippen LogP contribution < -0.4 is 5.32 Å². The predicted molar refractivity (Wildman–Crippen MR) is 72.7 cm³/mol. The van der Waals surface area contributed by atoms with Crippen LogP contribution in [0, 0.1) is 12.7 Å². The summed E-state index contributed by atoms with van der Waals surface area (Å²) in [6, 6.07) is 8.97. The van der Waals surface area contributed by atoms with E-state index < -0.39 is 5.91 Å². The van der Waals surface area contributed by atoms with Crippen LogP contribution in [-0.4, -0.2) is 20.8 Å². The number of rotatable bonds is 3. The van der Waals surface area contributed by atoms with Crippen LogP contribution >= 0.6 is 0 Å². The van der Waals surface area contributed by atoms with Crippen molar-refractivity contribution in [3.63, 3.8) is 0 Å². The van der Waals surface area contributed by atoms with E-state index in [9.17, 15) is 9.18 Å². The highest BCUT2D eigenvalue weighted by Crippen LogP contribution is 2.11. The molecular weight excluding hydrogens is 275 g/mol. The van der Waals surface area contributed by atoms with Crippen molar-refractivity contribution in [3.8, 4) is 5.69 Å². The van der Waals surface area contributed by atoms with Crippen LogP contribution in [0.3, 0.4) is 0 Å². The number of anilines is 1. The van der Waals surface area contributed by atoms with Gasteiger partial charge in [-0.05, 0) is 37.3 Å². The maximum atomic E-state index is 12.9.